The standard InChI is InChI=1S/C12H12O3.C5H11NO2/c1-2-8-15-12(14)9-11(13)10-6-4-3-5-7-10;1-3(2)4(6)5(7)8/h2-7H,1,8-9H2;3-4H,6H2,1-2H3,(H,7,8)/t;4-/m.0/s1. The summed E-state index contributed by atoms with van der Waals surface area (Å²) in [5, 5.41) is 8.23. The van der Waals surface area contributed by atoms with Gasteiger partial charge in [-0.15, -0.1) is 0 Å². The molecule has 3 N–H and O–H groups in total. The van der Waals surface area contributed by atoms with E-state index in [0.717, 1.165) is 0 Å². The fraction of sp³-hybridized carbons (Fsp3) is 0.353. The third kappa shape index (κ3) is 9.21. The number of ketones is 1. The van der Waals surface area contributed by atoms with E-state index in [4.69, 9.17) is 15.6 Å². The molecule has 0 aliphatic heterocycles. The maximum absolute atomic E-state index is 11.5. The predicted octanol–water partition coefficient (Wildman–Crippen LogP) is 2.04. The maximum Gasteiger partial charge on any atom is 0.320 e. The normalized spacial score (nSPS) is 11.0. The first-order valence-electron chi connectivity index (χ1n) is 7.12. The smallest absolute Gasteiger partial charge is 0.320 e. The van der Waals surface area contributed by atoms with Gasteiger partial charge in [-0.25, -0.2) is 0 Å². The van der Waals surface area contributed by atoms with Gasteiger partial charge in [0.2, 0.25) is 0 Å². The van der Waals surface area contributed by atoms with Crippen LogP contribution in [0.3, 0.4) is 0 Å². The van der Waals surface area contributed by atoms with Gasteiger partial charge in [0.15, 0.2) is 5.78 Å². The van der Waals surface area contributed by atoms with Gasteiger partial charge in [0, 0.05) is 5.56 Å². The molecular weight excluding hydrogens is 298 g/mol. The number of hydrogen-bond acceptors (Lipinski definition) is 5. The number of Topliss-reactive ketones (excluding diaryl/α,β-unsaturated/α-hetero) is 1. The van der Waals surface area contributed by atoms with Crippen molar-refractivity contribution >= 4 is 17.7 Å². The fourth-order valence-electron chi connectivity index (χ4n) is 1.35. The summed E-state index contributed by atoms with van der Waals surface area (Å²) in [4.78, 5) is 32.6. The van der Waals surface area contributed by atoms with E-state index in [9.17, 15) is 14.4 Å². The Morgan fingerprint density at radius 2 is 1.83 bits per heavy atom. The highest BCUT2D eigenvalue weighted by molar-refractivity contribution is 6.05. The molecule has 0 fully saturated rings. The van der Waals surface area contributed by atoms with E-state index in [1.54, 1.807) is 38.1 Å². The number of benzene rings is 1. The number of esters is 1. The molecule has 0 spiro atoms. The molecule has 0 radical (unpaired) electrons. The zero-order valence-electron chi connectivity index (χ0n) is 13.4. The Hall–Kier alpha value is -2.47. The Bertz CT molecular complexity index is 525. The summed E-state index contributed by atoms with van der Waals surface area (Å²) in [6, 6.07) is 7.94. The molecule has 0 aromatic heterocycles. The van der Waals surface area contributed by atoms with Gasteiger partial charge in [0.25, 0.3) is 0 Å². The van der Waals surface area contributed by atoms with Gasteiger partial charge in [-0.1, -0.05) is 56.8 Å². The van der Waals surface area contributed by atoms with Crippen molar-refractivity contribution in [2.24, 2.45) is 11.7 Å². The number of ether oxygens (including phenoxy) is 1. The molecular formula is C17H23NO5. The van der Waals surface area contributed by atoms with Crippen LogP contribution in [0.15, 0.2) is 43.0 Å². The Morgan fingerprint density at radius 3 is 2.22 bits per heavy atom. The van der Waals surface area contributed by atoms with E-state index < -0.39 is 18.0 Å². The molecule has 0 aliphatic carbocycles. The minimum atomic E-state index is -0.931. The molecule has 0 saturated heterocycles. The Labute approximate surface area is 135 Å². The first kappa shape index (κ1) is 20.5. The number of aliphatic carboxylic acids is 1. The summed E-state index contributed by atoms with van der Waals surface area (Å²) >= 11 is 0. The summed E-state index contributed by atoms with van der Waals surface area (Å²) in [5.74, 6) is -1.67. The number of hydrogen-bond donors (Lipinski definition) is 2. The largest absolute Gasteiger partial charge is 0.480 e. The van der Waals surface area contributed by atoms with E-state index in [-0.39, 0.29) is 24.7 Å². The van der Waals surface area contributed by atoms with Crippen molar-refractivity contribution in [2.45, 2.75) is 26.3 Å². The van der Waals surface area contributed by atoms with Crippen LogP contribution in [0.2, 0.25) is 0 Å². The Morgan fingerprint density at radius 1 is 1.26 bits per heavy atom. The van der Waals surface area contributed by atoms with Crippen LogP contribution in [-0.4, -0.2) is 35.5 Å². The predicted molar refractivity (Wildman–Crippen MR) is 87.0 cm³/mol. The second-order valence-electron chi connectivity index (χ2n) is 5.05. The summed E-state index contributed by atoms with van der Waals surface area (Å²) in [6.45, 7) is 7.10. The van der Waals surface area contributed by atoms with E-state index in [0.29, 0.717) is 5.56 Å². The molecule has 0 amide bonds. The number of carboxylic acid groups (broad SMARTS) is 1. The van der Waals surface area contributed by atoms with Crippen molar-refractivity contribution in [2.75, 3.05) is 6.61 Å². The van der Waals surface area contributed by atoms with Gasteiger partial charge in [-0.2, -0.15) is 0 Å². The number of nitrogens with two attached hydrogens (primary N) is 1. The molecule has 23 heavy (non-hydrogen) atoms. The molecule has 1 atom stereocenters. The summed E-state index contributed by atoms with van der Waals surface area (Å²) in [5.41, 5.74) is 5.68. The summed E-state index contributed by atoms with van der Waals surface area (Å²) < 4.78 is 4.71. The molecule has 1 rings (SSSR count). The number of carbonyl (C=O) groups is 3. The average molecular weight is 321 g/mol. The molecule has 0 aliphatic rings. The van der Waals surface area contributed by atoms with Crippen molar-refractivity contribution in [1.82, 2.24) is 0 Å². The first-order chi connectivity index (χ1) is 10.8. The first-order valence-corrected chi connectivity index (χ1v) is 7.12. The van der Waals surface area contributed by atoms with Crippen molar-refractivity contribution in [3.8, 4) is 0 Å². The highest BCUT2D eigenvalue weighted by atomic mass is 16.5. The van der Waals surface area contributed by atoms with Crippen molar-refractivity contribution in [1.29, 1.82) is 0 Å². The van der Waals surface area contributed by atoms with Crippen LogP contribution >= 0.6 is 0 Å². The SMILES string of the molecule is C=CCOC(=O)CC(=O)c1ccccc1.CC(C)[C@H](N)C(=O)O. The zero-order valence-corrected chi connectivity index (χ0v) is 13.4. The van der Waals surface area contributed by atoms with Crippen molar-refractivity contribution < 1.29 is 24.2 Å². The Kier molecular flexibility index (Phi) is 9.95. The third-order valence-corrected chi connectivity index (χ3v) is 2.77. The number of rotatable bonds is 7. The van der Waals surface area contributed by atoms with Crippen LogP contribution in [0, 0.1) is 5.92 Å². The van der Waals surface area contributed by atoms with Gasteiger partial charge < -0.3 is 15.6 Å². The van der Waals surface area contributed by atoms with Crippen molar-refractivity contribution in [3.05, 3.63) is 48.6 Å². The lowest BCUT2D eigenvalue weighted by atomic mass is 10.1. The summed E-state index contributed by atoms with van der Waals surface area (Å²) in [7, 11) is 0. The highest BCUT2D eigenvalue weighted by Gasteiger charge is 2.14. The van der Waals surface area contributed by atoms with Gasteiger partial charge >= 0.3 is 11.9 Å². The topological polar surface area (TPSA) is 107 Å². The lowest BCUT2D eigenvalue weighted by Gasteiger charge is -2.07. The molecule has 0 unspecified atom stereocenters. The molecule has 0 heterocycles. The van der Waals surface area contributed by atoms with Crippen LogP contribution in [-0.2, 0) is 14.3 Å². The highest BCUT2D eigenvalue weighted by Crippen LogP contribution is 2.03. The second-order valence-corrected chi connectivity index (χ2v) is 5.05. The number of carboxylic acids is 1. The maximum atomic E-state index is 11.5. The quantitative estimate of drug-likeness (QED) is 0.344. The van der Waals surface area contributed by atoms with Crippen LogP contribution < -0.4 is 5.73 Å². The van der Waals surface area contributed by atoms with Crippen LogP contribution in [0.25, 0.3) is 0 Å². The van der Waals surface area contributed by atoms with Crippen LogP contribution in [0.4, 0.5) is 0 Å². The monoisotopic (exact) mass is 321 g/mol. The van der Waals surface area contributed by atoms with Gasteiger partial charge in [0.1, 0.15) is 19.1 Å². The molecule has 6 heteroatoms. The minimum absolute atomic E-state index is 0.0208. The molecule has 1 aromatic rings. The van der Waals surface area contributed by atoms with Gasteiger partial charge in [-0.3, -0.25) is 14.4 Å². The van der Waals surface area contributed by atoms with Gasteiger partial charge in [0.05, 0.1) is 0 Å². The van der Waals surface area contributed by atoms with E-state index >= 15 is 0 Å². The van der Waals surface area contributed by atoms with E-state index in [1.165, 1.54) is 6.08 Å². The zero-order chi connectivity index (χ0) is 17.8. The second kappa shape index (κ2) is 11.1. The number of carbonyl (C=O) groups excluding carboxylic acids is 2. The summed E-state index contributed by atoms with van der Waals surface area (Å²) in [6.07, 6.45) is 1.24. The lowest BCUT2D eigenvalue weighted by molar-refractivity contribution is -0.141. The molecule has 126 valence electrons. The lowest BCUT2D eigenvalue weighted by Crippen LogP contribution is -2.34. The van der Waals surface area contributed by atoms with E-state index in [2.05, 4.69) is 6.58 Å². The van der Waals surface area contributed by atoms with E-state index in [1.807, 2.05) is 6.07 Å². The fourth-order valence-corrected chi connectivity index (χ4v) is 1.35. The van der Waals surface area contributed by atoms with Crippen LogP contribution in [0.1, 0.15) is 30.6 Å². The minimum Gasteiger partial charge on any atom is -0.480 e. The molecule has 0 saturated carbocycles. The average Bonchev–Trinajstić information content (AvgIpc) is 2.53. The Balaban J connectivity index is 0.000000515. The molecule has 6 nitrogen and oxygen atoms in total. The molecule has 1 aromatic carbocycles. The molecule has 0 bridgehead atoms. The van der Waals surface area contributed by atoms with Crippen molar-refractivity contribution in [3.63, 3.8) is 0 Å². The van der Waals surface area contributed by atoms with Crippen LogP contribution in [0.5, 0.6) is 0 Å². The third-order valence-electron chi connectivity index (χ3n) is 2.77. The van der Waals surface area contributed by atoms with Gasteiger partial charge in [-0.05, 0) is 5.92 Å².